The molecule has 0 saturated carbocycles. The van der Waals surface area contributed by atoms with Crippen LogP contribution in [0.2, 0.25) is 5.02 Å². The second-order valence-electron chi connectivity index (χ2n) is 4.90. The van der Waals surface area contributed by atoms with Crippen molar-refractivity contribution in [2.24, 2.45) is 0 Å². The molecule has 1 atom stereocenters. The lowest BCUT2D eigenvalue weighted by Gasteiger charge is -2.16. The van der Waals surface area contributed by atoms with Gasteiger partial charge in [-0.25, -0.2) is 18.0 Å². The third-order valence-electron chi connectivity index (χ3n) is 3.22. The highest BCUT2D eigenvalue weighted by Crippen LogP contribution is 2.18. The first kappa shape index (κ1) is 17.8. The summed E-state index contributed by atoms with van der Waals surface area (Å²) in [6.45, 7) is 0. The van der Waals surface area contributed by atoms with Gasteiger partial charge in [0.05, 0.1) is 0 Å². The summed E-state index contributed by atoms with van der Waals surface area (Å²) in [6, 6.07) is 5.57. The SMILES string of the molecule is O=C(N[C@@H](Cc1ccccc1Cl)C(=O)O)c1c(F)cc(F)cc1F. The molecule has 2 aromatic carbocycles. The molecule has 2 rings (SSSR count). The molecule has 0 aromatic heterocycles. The third kappa shape index (κ3) is 4.05. The molecule has 0 saturated heterocycles. The van der Waals surface area contributed by atoms with Gasteiger partial charge in [0, 0.05) is 23.6 Å². The highest BCUT2D eigenvalue weighted by atomic mass is 35.5. The minimum atomic E-state index is -1.47. The minimum Gasteiger partial charge on any atom is -0.480 e. The Labute approximate surface area is 139 Å². The molecular formula is C16H11ClF3NO3. The van der Waals surface area contributed by atoms with E-state index in [4.69, 9.17) is 11.6 Å². The zero-order chi connectivity index (χ0) is 17.9. The first-order chi connectivity index (χ1) is 11.3. The highest BCUT2D eigenvalue weighted by molar-refractivity contribution is 6.31. The van der Waals surface area contributed by atoms with E-state index in [1.165, 1.54) is 6.07 Å². The molecule has 8 heteroatoms. The number of carboxylic acids is 1. The number of carbonyl (C=O) groups is 2. The number of amides is 1. The van der Waals surface area contributed by atoms with Crippen molar-refractivity contribution >= 4 is 23.5 Å². The summed E-state index contributed by atoms with van der Waals surface area (Å²) in [7, 11) is 0. The molecule has 0 spiro atoms. The fraction of sp³-hybridized carbons (Fsp3) is 0.125. The van der Waals surface area contributed by atoms with Crippen molar-refractivity contribution in [2.75, 3.05) is 0 Å². The molecule has 0 bridgehead atoms. The van der Waals surface area contributed by atoms with Gasteiger partial charge in [-0.3, -0.25) is 4.79 Å². The molecule has 0 heterocycles. The Morgan fingerprint density at radius 2 is 1.71 bits per heavy atom. The van der Waals surface area contributed by atoms with Gasteiger partial charge in [0.2, 0.25) is 0 Å². The van der Waals surface area contributed by atoms with Gasteiger partial charge < -0.3 is 10.4 Å². The second-order valence-corrected chi connectivity index (χ2v) is 5.31. The molecule has 1 amide bonds. The number of hydrogen-bond donors (Lipinski definition) is 2. The maximum atomic E-state index is 13.6. The molecule has 0 unspecified atom stereocenters. The highest BCUT2D eigenvalue weighted by Gasteiger charge is 2.26. The van der Waals surface area contributed by atoms with E-state index in [1.807, 2.05) is 5.32 Å². The van der Waals surface area contributed by atoms with Crippen molar-refractivity contribution in [2.45, 2.75) is 12.5 Å². The first-order valence-corrected chi connectivity index (χ1v) is 7.09. The van der Waals surface area contributed by atoms with Crippen molar-refractivity contribution < 1.29 is 27.9 Å². The predicted molar refractivity (Wildman–Crippen MR) is 80.4 cm³/mol. The van der Waals surface area contributed by atoms with E-state index < -0.39 is 40.9 Å². The van der Waals surface area contributed by atoms with Crippen LogP contribution in [-0.2, 0) is 11.2 Å². The average molecular weight is 358 g/mol. The quantitative estimate of drug-likeness (QED) is 0.863. The molecule has 0 fully saturated rings. The van der Waals surface area contributed by atoms with Crippen LogP contribution in [0.25, 0.3) is 0 Å². The molecule has 0 aliphatic rings. The second kappa shape index (κ2) is 7.35. The molecule has 126 valence electrons. The van der Waals surface area contributed by atoms with E-state index in [9.17, 15) is 27.9 Å². The van der Waals surface area contributed by atoms with E-state index in [-0.39, 0.29) is 11.4 Å². The maximum Gasteiger partial charge on any atom is 0.326 e. The van der Waals surface area contributed by atoms with E-state index in [0.717, 1.165) is 0 Å². The number of rotatable bonds is 5. The van der Waals surface area contributed by atoms with Crippen LogP contribution < -0.4 is 5.32 Å². The van der Waals surface area contributed by atoms with Crippen molar-refractivity contribution in [1.82, 2.24) is 5.32 Å². The van der Waals surface area contributed by atoms with Crippen LogP contribution in [0.1, 0.15) is 15.9 Å². The van der Waals surface area contributed by atoms with Gasteiger partial charge in [-0.1, -0.05) is 29.8 Å². The topological polar surface area (TPSA) is 66.4 Å². The predicted octanol–water partition coefficient (Wildman–Crippen LogP) is 3.18. The van der Waals surface area contributed by atoms with Gasteiger partial charge in [-0.15, -0.1) is 0 Å². The van der Waals surface area contributed by atoms with Gasteiger partial charge in [0.15, 0.2) is 0 Å². The molecule has 2 aromatic rings. The average Bonchev–Trinajstić information content (AvgIpc) is 2.47. The van der Waals surface area contributed by atoms with Gasteiger partial charge >= 0.3 is 5.97 Å². The smallest absolute Gasteiger partial charge is 0.326 e. The molecule has 4 nitrogen and oxygen atoms in total. The van der Waals surface area contributed by atoms with Gasteiger partial charge in [-0.2, -0.15) is 0 Å². The van der Waals surface area contributed by atoms with Crippen molar-refractivity contribution in [1.29, 1.82) is 0 Å². The molecule has 0 aliphatic carbocycles. The number of carboxylic acid groups (broad SMARTS) is 1. The lowest BCUT2D eigenvalue weighted by Crippen LogP contribution is -2.43. The number of carbonyl (C=O) groups excluding carboxylic acids is 1. The standard InChI is InChI=1S/C16H11ClF3NO3/c17-10-4-2-1-3-8(10)5-13(16(23)24)21-15(22)14-11(19)6-9(18)7-12(14)20/h1-4,6-7,13H,5H2,(H,21,22)(H,23,24)/t13-/m0/s1. The fourth-order valence-electron chi connectivity index (χ4n) is 2.07. The molecular weight excluding hydrogens is 347 g/mol. The Hall–Kier alpha value is -2.54. The van der Waals surface area contributed by atoms with E-state index in [0.29, 0.717) is 17.7 Å². The lowest BCUT2D eigenvalue weighted by atomic mass is 10.0. The monoisotopic (exact) mass is 357 g/mol. The van der Waals surface area contributed by atoms with Crippen LogP contribution in [0, 0.1) is 17.5 Å². The normalized spacial score (nSPS) is 11.8. The summed E-state index contributed by atoms with van der Waals surface area (Å²) in [6.07, 6.45) is -0.189. The summed E-state index contributed by atoms with van der Waals surface area (Å²) in [4.78, 5) is 23.3. The van der Waals surface area contributed by atoms with Gasteiger partial charge in [-0.05, 0) is 11.6 Å². The molecule has 0 radical (unpaired) electrons. The van der Waals surface area contributed by atoms with Gasteiger partial charge in [0.25, 0.3) is 5.91 Å². The molecule has 0 aliphatic heterocycles. The first-order valence-electron chi connectivity index (χ1n) is 6.71. The Morgan fingerprint density at radius 3 is 2.25 bits per heavy atom. The number of nitrogens with one attached hydrogen (secondary N) is 1. The largest absolute Gasteiger partial charge is 0.480 e. The molecule has 2 N–H and O–H groups in total. The summed E-state index contributed by atoms with van der Waals surface area (Å²) < 4.78 is 40.1. The third-order valence-corrected chi connectivity index (χ3v) is 3.59. The summed E-state index contributed by atoms with van der Waals surface area (Å²) >= 11 is 5.93. The summed E-state index contributed by atoms with van der Waals surface area (Å²) in [5.74, 6) is -6.75. The van der Waals surface area contributed by atoms with Crippen molar-refractivity contribution in [3.05, 3.63) is 70.0 Å². The van der Waals surface area contributed by atoms with Crippen LogP contribution in [0.5, 0.6) is 0 Å². The Morgan fingerprint density at radius 1 is 1.12 bits per heavy atom. The number of aliphatic carboxylic acids is 1. The van der Waals surface area contributed by atoms with Crippen LogP contribution in [-0.4, -0.2) is 23.0 Å². The van der Waals surface area contributed by atoms with Crippen LogP contribution in [0.3, 0.4) is 0 Å². The zero-order valence-electron chi connectivity index (χ0n) is 12.0. The number of halogens is 4. The van der Waals surface area contributed by atoms with Crippen LogP contribution in [0.15, 0.2) is 36.4 Å². The summed E-state index contributed by atoms with van der Waals surface area (Å²) in [5.41, 5.74) is -0.617. The van der Waals surface area contributed by atoms with Gasteiger partial charge in [0.1, 0.15) is 29.1 Å². The maximum absolute atomic E-state index is 13.6. The van der Waals surface area contributed by atoms with E-state index in [2.05, 4.69) is 0 Å². The van der Waals surface area contributed by atoms with Crippen LogP contribution >= 0.6 is 11.6 Å². The van der Waals surface area contributed by atoms with Crippen molar-refractivity contribution in [3.63, 3.8) is 0 Å². The van der Waals surface area contributed by atoms with Crippen molar-refractivity contribution in [3.8, 4) is 0 Å². The Kier molecular flexibility index (Phi) is 5.46. The number of hydrogen-bond acceptors (Lipinski definition) is 2. The minimum absolute atomic E-state index is 0.189. The number of benzene rings is 2. The Bertz CT molecular complexity index is 775. The fourth-order valence-corrected chi connectivity index (χ4v) is 2.29. The van der Waals surface area contributed by atoms with Crippen LogP contribution in [0.4, 0.5) is 13.2 Å². The summed E-state index contributed by atoms with van der Waals surface area (Å²) in [5, 5.41) is 11.5. The Balaban J connectivity index is 2.24. The lowest BCUT2D eigenvalue weighted by molar-refractivity contribution is -0.139. The zero-order valence-corrected chi connectivity index (χ0v) is 12.8. The molecule has 24 heavy (non-hydrogen) atoms. The van der Waals surface area contributed by atoms with E-state index >= 15 is 0 Å². The van der Waals surface area contributed by atoms with E-state index in [1.54, 1.807) is 18.2 Å².